The zero-order valence-electron chi connectivity index (χ0n) is 5.92. The molecule has 1 heterocycles. The van der Waals surface area contributed by atoms with E-state index in [0.29, 0.717) is 11.4 Å². The molecule has 0 atom stereocenters. The van der Waals surface area contributed by atoms with Gasteiger partial charge < -0.3 is 4.74 Å². The molecule has 0 unspecified atom stereocenters. The third-order valence-electron chi connectivity index (χ3n) is 1.06. The number of thioether (sulfide) groups is 2. The van der Waals surface area contributed by atoms with Crippen molar-refractivity contribution in [1.29, 1.82) is 0 Å². The molecule has 1 rings (SSSR count). The average Bonchev–Trinajstić information content (AvgIpc) is 2.41. The van der Waals surface area contributed by atoms with E-state index in [1.54, 1.807) is 0 Å². The maximum absolute atomic E-state index is 5.40. The van der Waals surface area contributed by atoms with Crippen LogP contribution in [-0.4, -0.2) is 22.9 Å². The van der Waals surface area contributed by atoms with Crippen molar-refractivity contribution >= 4 is 23.5 Å². The van der Waals surface area contributed by atoms with Gasteiger partial charge in [-0.1, -0.05) is 5.92 Å². The van der Waals surface area contributed by atoms with Crippen molar-refractivity contribution in [2.24, 2.45) is 0 Å². The minimum Gasteiger partial charge on any atom is -0.345 e. The molecule has 0 radical (unpaired) electrons. The van der Waals surface area contributed by atoms with Gasteiger partial charge in [0.05, 0.1) is 0 Å². The summed E-state index contributed by atoms with van der Waals surface area (Å²) in [6.07, 6.45) is 0. The Morgan fingerprint density at radius 3 is 2.80 bits per heavy atom. The maximum Gasteiger partial charge on any atom is 0.151 e. The predicted molar refractivity (Wildman–Crippen MR) is 48.1 cm³/mol. The quantitative estimate of drug-likeness (QED) is 0.591. The molecule has 0 saturated carbocycles. The summed E-state index contributed by atoms with van der Waals surface area (Å²) in [5, 5.41) is 0. The van der Waals surface area contributed by atoms with Gasteiger partial charge in [0.2, 0.25) is 0 Å². The Bertz CT molecular complexity index is 141. The highest BCUT2D eigenvalue weighted by molar-refractivity contribution is 8.19. The van der Waals surface area contributed by atoms with E-state index in [1.165, 1.54) is 11.5 Å². The van der Waals surface area contributed by atoms with Gasteiger partial charge in [-0.25, -0.2) is 0 Å². The molecule has 0 N–H and O–H groups in total. The zero-order valence-corrected chi connectivity index (χ0v) is 7.56. The minimum atomic E-state index is 0.348. The van der Waals surface area contributed by atoms with Gasteiger partial charge >= 0.3 is 0 Å². The Labute approximate surface area is 70.3 Å². The molecule has 3 heteroatoms. The molecule has 56 valence electrons. The van der Waals surface area contributed by atoms with E-state index >= 15 is 0 Å². The van der Waals surface area contributed by atoms with Crippen molar-refractivity contribution in [2.45, 2.75) is 11.7 Å². The van der Waals surface area contributed by atoms with Gasteiger partial charge in [-0.05, 0) is 6.92 Å². The molecule has 1 aliphatic heterocycles. The highest BCUT2D eigenvalue weighted by Gasteiger charge is 2.15. The van der Waals surface area contributed by atoms with Crippen molar-refractivity contribution in [3.05, 3.63) is 0 Å². The van der Waals surface area contributed by atoms with Crippen LogP contribution in [0.15, 0.2) is 0 Å². The Kier molecular flexibility index (Phi) is 4.12. The van der Waals surface area contributed by atoms with E-state index in [9.17, 15) is 0 Å². The van der Waals surface area contributed by atoms with Crippen LogP contribution in [0, 0.1) is 11.8 Å². The van der Waals surface area contributed by atoms with Crippen molar-refractivity contribution in [3.8, 4) is 11.8 Å². The van der Waals surface area contributed by atoms with Crippen molar-refractivity contribution in [2.75, 3.05) is 18.1 Å². The van der Waals surface area contributed by atoms with Crippen LogP contribution in [0.3, 0.4) is 0 Å². The average molecular weight is 174 g/mol. The Hall–Kier alpha value is 0.220. The SMILES string of the molecule is CC#CCOC1SCCS1. The first kappa shape index (κ1) is 8.32. The fourth-order valence-corrected chi connectivity index (χ4v) is 3.06. The van der Waals surface area contributed by atoms with Gasteiger partial charge in [0, 0.05) is 11.5 Å². The third kappa shape index (κ3) is 2.87. The zero-order chi connectivity index (χ0) is 7.23. The molecule has 0 aromatic rings. The first-order valence-electron chi connectivity index (χ1n) is 3.18. The summed E-state index contributed by atoms with van der Waals surface area (Å²) in [4.78, 5) is 0. The molecule has 0 amide bonds. The monoisotopic (exact) mass is 174 g/mol. The van der Waals surface area contributed by atoms with Gasteiger partial charge in [0.15, 0.2) is 4.77 Å². The van der Waals surface area contributed by atoms with E-state index in [1.807, 2.05) is 30.4 Å². The van der Waals surface area contributed by atoms with Crippen LogP contribution < -0.4 is 0 Å². The molecule has 0 aromatic carbocycles. The molecular formula is C7H10OS2. The standard InChI is InChI=1S/C7H10OS2/c1-2-3-4-8-7-9-5-6-10-7/h7H,4-6H2,1H3. The summed E-state index contributed by atoms with van der Waals surface area (Å²) in [5.74, 6) is 8.11. The van der Waals surface area contributed by atoms with Crippen LogP contribution >= 0.6 is 23.5 Å². The maximum atomic E-state index is 5.40. The molecule has 10 heavy (non-hydrogen) atoms. The van der Waals surface area contributed by atoms with E-state index in [0.717, 1.165) is 0 Å². The predicted octanol–water partition coefficient (Wildman–Crippen LogP) is 1.79. The smallest absolute Gasteiger partial charge is 0.151 e. The summed E-state index contributed by atoms with van der Waals surface area (Å²) < 4.78 is 5.74. The highest BCUT2D eigenvalue weighted by atomic mass is 32.2. The van der Waals surface area contributed by atoms with Gasteiger partial charge in [-0.15, -0.1) is 29.4 Å². The van der Waals surface area contributed by atoms with Crippen molar-refractivity contribution in [1.82, 2.24) is 0 Å². The first-order valence-corrected chi connectivity index (χ1v) is 5.27. The van der Waals surface area contributed by atoms with E-state index in [-0.39, 0.29) is 0 Å². The molecule has 0 aliphatic carbocycles. The second-order valence-electron chi connectivity index (χ2n) is 1.77. The van der Waals surface area contributed by atoms with Gasteiger partial charge in [-0.3, -0.25) is 0 Å². The minimum absolute atomic E-state index is 0.348. The van der Waals surface area contributed by atoms with Crippen molar-refractivity contribution < 1.29 is 4.74 Å². The molecule has 1 nitrogen and oxygen atoms in total. The van der Waals surface area contributed by atoms with Crippen LogP contribution in [0.5, 0.6) is 0 Å². The molecule has 0 bridgehead atoms. The molecule has 0 aromatic heterocycles. The molecular weight excluding hydrogens is 164 g/mol. The van der Waals surface area contributed by atoms with Crippen LogP contribution in [-0.2, 0) is 4.74 Å². The summed E-state index contributed by atoms with van der Waals surface area (Å²) in [7, 11) is 0. The first-order chi connectivity index (χ1) is 4.93. The van der Waals surface area contributed by atoms with Crippen molar-refractivity contribution in [3.63, 3.8) is 0 Å². The lowest BCUT2D eigenvalue weighted by molar-refractivity contribution is 0.201. The van der Waals surface area contributed by atoms with E-state index < -0.39 is 0 Å². The summed E-state index contributed by atoms with van der Waals surface area (Å²) in [6.45, 7) is 2.42. The van der Waals surface area contributed by atoms with Gasteiger partial charge in [0.25, 0.3) is 0 Å². The summed E-state index contributed by atoms with van der Waals surface area (Å²) in [6, 6.07) is 0. The van der Waals surface area contributed by atoms with E-state index in [2.05, 4.69) is 11.8 Å². The Morgan fingerprint density at radius 2 is 2.20 bits per heavy atom. The number of hydrogen-bond acceptors (Lipinski definition) is 3. The summed E-state index contributed by atoms with van der Waals surface area (Å²) in [5.41, 5.74) is 0. The van der Waals surface area contributed by atoms with Gasteiger partial charge in [-0.2, -0.15) is 0 Å². The third-order valence-corrected chi connectivity index (χ3v) is 3.83. The Balaban J connectivity index is 2.05. The van der Waals surface area contributed by atoms with Crippen LogP contribution in [0.1, 0.15) is 6.92 Å². The molecule has 1 aliphatic rings. The number of hydrogen-bond donors (Lipinski definition) is 0. The lowest BCUT2D eigenvalue weighted by Crippen LogP contribution is -1.99. The topological polar surface area (TPSA) is 9.23 Å². The molecule has 1 fully saturated rings. The number of rotatable bonds is 2. The second kappa shape index (κ2) is 4.95. The fraction of sp³-hybridized carbons (Fsp3) is 0.714. The normalized spacial score (nSPS) is 18.5. The number of ether oxygens (including phenoxy) is 1. The molecule has 0 spiro atoms. The highest BCUT2D eigenvalue weighted by Crippen LogP contribution is 2.32. The molecule has 1 saturated heterocycles. The Morgan fingerprint density at radius 1 is 1.50 bits per heavy atom. The van der Waals surface area contributed by atoms with Crippen LogP contribution in [0.4, 0.5) is 0 Å². The second-order valence-corrected chi connectivity index (χ2v) is 4.41. The lowest BCUT2D eigenvalue weighted by Gasteiger charge is -2.04. The van der Waals surface area contributed by atoms with Gasteiger partial charge in [0.1, 0.15) is 6.61 Å². The largest absolute Gasteiger partial charge is 0.345 e. The van der Waals surface area contributed by atoms with Crippen LogP contribution in [0.25, 0.3) is 0 Å². The summed E-state index contributed by atoms with van der Waals surface area (Å²) >= 11 is 3.73. The van der Waals surface area contributed by atoms with E-state index in [4.69, 9.17) is 4.74 Å². The lowest BCUT2D eigenvalue weighted by atomic mass is 10.6. The fourth-order valence-electron chi connectivity index (χ4n) is 0.615. The van der Waals surface area contributed by atoms with Crippen LogP contribution in [0.2, 0.25) is 0 Å².